The monoisotopic (exact) mass is 372 g/mol. The summed E-state index contributed by atoms with van der Waals surface area (Å²) >= 11 is 1.07. The van der Waals surface area contributed by atoms with Crippen LogP contribution in [-0.4, -0.2) is 26.3 Å². The number of hydrogen-bond donors (Lipinski definition) is 2. The van der Waals surface area contributed by atoms with Crippen LogP contribution in [0.5, 0.6) is 0 Å². The zero-order chi connectivity index (χ0) is 17.7. The van der Waals surface area contributed by atoms with Gasteiger partial charge in [0.25, 0.3) is 0 Å². The summed E-state index contributed by atoms with van der Waals surface area (Å²) < 4.78 is 50.4. The number of anilines is 2. The van der Waals surface area contributed by atoms with Crippen LogP contribution in [0.4, 0.5) is 20.2 Å². The lowest BCUT2D eigenvalue weighted by atomic mass is 10.3. The van der Waals surface area contributed by atoms with Crippen LogP contribution < -0.4 is 10.0 Å². The second-order valence-corrected chi connectivity index (χ2v) is 7.66. The Balaban J connectivity index is 1.89. The Morgan fingerprint density at radius 1 is 1.04 bits per heavy atom. The molecule has 0 heterocycles. The molecule has 0 atom stereocenters. The number of sulfonamides is 1. The highest BCUT2D eigenvalue weighted by molar-refractivity contribution is 8.00. The molecule has 0 spiro atoms. The third-order valence-electron chi connectivity index (χ3n) is 2.73. The number of nitrogens with one attached hydrogen (secondary N) is 2. The van der Waals surface area contributed by atoms with E-state index in [2.05, 4.69) is 10.0 Å². The minimum atomic E-state index is -3.36. The maximum atomic E-state index is 13.1. The molecule has 2 rings (SSSR count). The van der Waals surface area contributed by atoms with Crippen LogP contribution in [-0.2, 0) is 14.8 Å². The van der Waals surface area contributed by atoms with E-state index < -0.39 is 21.7 Å². The van der Waals surface area contributed by atoms with E-state index in [0.29, 0.717) is 16.3 Å². The lowest BCUT2D eigenvalue weighted by Gasteiger charge is -2.07. The predicted octanol–water partition coefficient (Wildman–Crippen LogP) is 3.07. The SMILES string of the molecule is CS(=O)(=O)Nc1ccc(NC(=O)CSc2ccc(F)c(F)c2)cc1. The van der Waals surface area contributed by atoms with Crippen molar-refractivity contribution < 1.29 is 22.0 Å². The zero-order valence-electron chi connectivity index (χ0n) is 12.5. The molecule has 1 amide bonds. The molecule has 2 aromatic carbocycles. The topological polar surface area (TPSA) is 75.3 Å². The summed E-state index contributed by atoms with van der Waals surface area (Å²) in [5, 5.41) is 2.62. The van der Waals surface area contributed by atoms with Crippen LogP contribution in [0, 0.1) is 11.6 Å². The molecule has 0 aliphatic carbocycles. The Morgan fingerprint density at radius 3 is 2.25 bits per heavy atom. The maximum Gasteiger partial charge on any atom is 0.234 e. The first-order valence-corrected chi connectivity index (χ1v) is 9.56. The van der Waals surface area contributed by atoms with Crippen LogP contribution in [0.15, 0.2) is 47.4 Å². The fourth-order valence-electron chi connectivity index (χ4n) is 1.75. The van der Waals surface area contributed by atoms with Gasteiger partial charge in [-0.1, -0.05) is 0 Å². The van der Waals surface area contributed by atoms with Crippen molar-refractivity contribution in [1.82, 2.24) is 0 Å². The van der Waals surface area contributed by atoms with Crippen molar-refractivity contribution >= 4 is 39.1 Å². The third-order valence-corrected chi connectivity index (χ3v) is 4.33. The molecule has 128 valence electrons. The van der Waals surface area contributed by atoms with Crippen molar-refractivity contribution in [3.63, 3.8) is 0 Å². The highest BCUT2D eigenvalue weighted by Crippen LogP contribution is 2.21. The molecule has 0 saturated heterocycles. The fraction of sp³-hybridized carbons (Fsp3) is 0.133. The van der Waals surface area contributed by atoms with E-state index in [1.807, 2.05) is 0 Å². The molecular formula is C15H14F2N2O3S2. The van der Waals surface area contributed by atoms with E-state index in [-0.39, 0.29) is 11.7 Å². The molecule has 0 aromatic heterocycles. The molecule has 0 aliphatic heterocycles. The average molecular weight is 372 g/mol. The van der Waals surface area contributed by atoms with Crippen LogP contribution >= 0.6 is 11.8 Å². The van der Waals surface area contributed by atoms with Gasteiger partial charge < -0.3 is 5.32 Å². The van der Waals surface area contributed by atoms with Crippen molar-refractivity contribution in [2.24, 2.45) is 0 Å². The fourth-order valence-corrected chi connectivity index (χ4v) is 3.03. The minimum Gasteiger partial charge on any atom is -0.325 e. The minimum absolute atomic E-state index is 0.0222. The number of rotatable bonds is 6. The van der Waals surface area contributed by atoms with Crippen molar-refractivity contribution in [3.05, 3.63) is 54.1 Å². The number of carbonyl (C=O) groups is 1. The smallest absolute Gasteiger partial charge is 0.234 e. The summed E-state index contributed by atoms with van der Waals surface area (Å²) in [6.07, 6.45) is 1.04. The first-order chi connectivity index (χ1) is 11.2. The van der Waals surface area contributed by atoms with Gasteiger partial charge in [-0.2, -0.15) is 0 Å². The predicted molar refractivity (Wildman–Crippen MR) is 90.6 cm³/mol. The van der Waals surface area contributed by atoms with Gasteiger partial charge in [-0.3, -0.25) is 9.52 Å². The van der Waals surface area contributed by atoms with Gasteiger partial charge in [0.2, 0.25) is 15.9 Å². The summed E-state index contributed by atoms with van der Waals surface area (Å²) in [5.41, 5.74) is 0.872. The summed E-state index contributed by atoms with van der Waals surface area (Å²) in [4.78, 5) is 12.3. The van der Waals surface area contributed by atoms with Gasteiger partial charge in [-0.15, -0.1) is 11.8 Å². The Hall–Kier alpha value is -2.13. The lowest BCUT2D eigenvalue weighted by molar-refractivity contribution is -0.113. The van der Waals surface area contributed by atoms with E-state index in [4.69, 9.17) is 0 Å². The molecule has 0 bridgehead atoms. The van der Waals surface area contributed by atoms with Crippen molar-refractivity contribution in [1.29, 1.82) is 0 Å². The van der Waals surface area contributed by atoms with Crippen LogP contribution in [0.1, 0.15) is 0 Å². The van der Waals surface area contributed by atoms with Crippen molar-refractivity contribution in [3.8, 4) is 0 Å². The van der Waals surface area contributed by atoms with Gasteiger partial charge in [0.1, 0.15) is 0 Å². The molecule has 2 aromatic rings. The molecular weight excluding hydrogens is 358 g/mol. The summed E-state index contributed by atoms with van der Waals surface area (Å²) in [6.45, 7) is 0. The first-order valence-electron chi connectivity index (χ1n) is 6.68. The number of thioether (sulfide) groups is 1. The summed E-state index contributed by atoms with van der Waals surface area (Å²) in [6, 6.07) is 9.55. The van der Waals surface area contributed by atoms with Gasteiger partial charge in [-0.25, -0.2) is 17.2 Å². The van der Waals surface area contributed by atoms with Crippen LogP contribution in [0.3, 0.4) is 0 Å². The molecule has 0 unspecified atom stereocenters. The van der Waals surface area contributed by atoms with Gasteiger partial charge in [0.05, 0.1) is 12.0 Å². The van der Waals surface area contributed by atoms with E-state index in [9.17, 15) is 22.0 Å². The highest BCUT2D eigenvalue weighted by atomic mass is 32.2. The van der Waals surface area contributed by atoms with Gasteiger partial charge in [0, 0.05) is 16.3 Å². The maximum absolute atomic E-state index is 13.1. The lowest BCUT2D eigenvalue weighted by Crippen LogP contribution is -2.14. The summed E-state index contributed by atoms with van der Waals surface area (Å²) in [7, 11) is -3.36. The number of carbonyl (C=O) groups excluding carboxylic acids is 1. The average Bonchev–Trinajstić information content (AvgIpc) is 2.49. The van der Waals surface area contributed by atoms with Gasteiger partial charge in [-0.05, 0) is 42.5 Å². The summed E-state index contributed by atoms with van der Waals surface area (Å²) in [5.74, 6) is -2.21. The Kier molecular flexibility index (Phi) is 5.79. The quantitative estimate of drug-likeness (QED) is 0.764. The molecule has 0 aliphatic rings. The first kappa shape index (κ1) is 18.2. The van der Waals surface area contributed by atoms with Crippen LogP contribution in [0.2, 0.25) is 0 Å². The van der Waals surface area contributed by atoms with E-state index in [0.717, 1.165) is 30.2 Å². The number of halogens is 2. The highest BCUT2D eigenvalue weighted by Gasteiger charge is 2.07. The number of amides is 1. The number of hydrogen-bond acceptors (Lipinski definition) is 4. The molecule has 0 saturated carbocycles. The standard InChI is InChI=1S/C15H14F2N2O3S2/c1-24(21,22)19-11-4-2-10(3-5-11)18-15(20)9-23-12-6-7-13(16)14(17)8-12/h2-8,19H,9H2,1H3,(H,18,20). The Bertz CT molecular complexity index is 840. The van der Waals surface area contributed by atoms with Gasteiger partial charge >= 0.3 is 0 Å². The van der Waals surface area contributed by atoms with E-state index in [1.54, 1.807) is 12.1 Å². The number of benzene rings is 2. The normalized spacial score (nSPS) is 11.1. The Labute approximate surface area is 142 Å². The molecule has 24 heavy (non-hydrogen) atoms. The van der Waals surface area contributed by atoms with Crippen molar-refractivity contribution in [2.45, 2.75) is 4.90 Å². The molecule has 0 fully saturated rings. The van der Waals surface area contributed by atoms with Crippen LogP contribution in [0.25, 0.3) is 0 Å². The third kappa shape index (κ3) is 5.82. The second-order valence-electron chi connectivity index (χ2n) is 4.86. The molecule has 5 nitrogen and oxygen atoms in total. The second kappa shape index (κ2) is 7.63. The van der Waals surface area contributed by atoms with Crippen molar-refractivity contribution in [2.75, 3.05) is 22.0 Å². The molecule has 0 radical (unpaired) electrons. The van der Waals surface area contributed by atoms with Gasteiger partial charge in [0.15, 0.2) is 11.6 Å². The van der Waals surface area contributed by atoms with E-state index >= 15 is 0 Å². The Morgan fingerprint density at radius 2 is 1.67 bits per heavy atom. The zero-order valence-corrected chi connectivity index (χ0v) is 14.2. The largest absolute Gasteiger partial charge is 0.325 e. The molecule has 9 heteroatoms. The molecule has 2 N–H and O–H groups in total. The van der Waals surface area contributed by atoms with E-state index in [1.165, 1.54) is 18.2 Å².